The highest BCUT2D eigenvalue weighted by molar-refractivity contribution is 9.10. The molecular weight excluding hydrogens is 311 g/mol. The van der Waals surface area contributed by atoms with Gasteiger partial charge in [-0.25, -0.2) is 4.39 Å². The maximum Gasteiger partial charge on any atom is 0.133 e. The first kappa shape index (κ1) is 14.0. The maximum atomic E-state index is 13.0. The van der Waals surface area contributed by atoms with Gasteiger partial charge in [0.15, 0.2) is 0 Å². The molecule has 0 spiro atoms. The minimum absolute atomic E-state index is 0.0846. The van der Waals surface area contributed by atoms with Crippen LogP contribution in [0.15, 0.2) is 53.0 Å². The molecule has 0 bridgehead atoms. The molecule has 1 atom stereocenters. The number of ether oxygens (including phenoxy) is 1. The second-order valence-corrected chi connectivity index (χ2v) is 5.36. The lowest BCUT2D eigenvalue weighted by molar-refractivity contribution is 0.00734. The molecule has 2 rings (SSSR count). The Bertz CT molecular complexity index is 555. The lowest BCUT2D eigenvalue weighted by Gasteiger charge is -2.24. The van der Waals surface area contributed by atoms with Crippen LogP contribution >= 0.6 is 15.9 Å². The Morgan fingerprint density at radius 3 is 2.53 bits per heavy atom. The quantitative estimate of drug-likeness (QED) is 0.924. The molecule has 0 aromatic heterocycles. The van der Waals surface area contributed by atoms with Crippen molar-refractivity contribution in [3.63, 3.8) is 0 Å². The van der Waals surface area contributed by atoms with Crippen LogP contribution in [-0.4, -0.2) is 11.7 Å². The van der Waals surface area contributed by atoms with Gasteiger partial charge in [0.05, 0.1) is 4.47 Å². The van der Waals surface area contributed by atoms with Crippen molar-refractivity contribution in [2.45, 2.75) is 12.5 Å². The number of hydrogen-bond acceptors (Lipinski definition) is 2. The van der Waals surface area contributed by atoms with Gasteiger partial charge in [-0.3, -0.25) is 0 Å². The van der Waals surface area contributed by atoms with E-state index in [9.17, 15) is 9.50 Å². The monoisotopic (exact) mass is 324 g/mol. The van der Waals surface area contributed by atoms with Gasteiger partial charge in [-0.2, -0.15) is 0 Å². The molecule has 0 amide bonds. The summed E-state index contributed by atoms with van der Waals surface area (Å²) in [6.07, 6.45) is 0. The molecule has 100 valence electrons. The smallest absolute Gasteiger partial charge is 0.133 e. The summed E-state index contributed by atoms with van der Waals surface area (Å²) >= 11 is 3.22. The van der Waals surface area contributed by atoms with Gasteiger partial charge in [0.25, 0.3) is 0 Å². The number of halogens is 2. The Morgan fingerprint density at radius 1 is 1.21 bits per heavy atom. The lowest BCUT2D eigenvalue weighted by atomic mass is 9.97. The van der Waals surface area contributed by atoms with Crippen molar-refractivity contribution in [3.05, 3.63) is 64.4 Å². The van der Waals surface area contributed by atoms with E-state index in [0.717, 1.165) is 5.56 Å². The third kappa shape index (κ3) is 3.55. The van der Waals surface area contributed by atoms with E-state index in [4.69, 9.17) is 4.74 Å². The fourth-order valence-corrected chi connectivity index (χ4v) is 2.16. The minimum atomic E-state index is -1.10. The summed E-state index contributed by atoms with van der Waals surface area (Å²) in [6.45, 7) is 1.76. The van der Waals surface area contributed by atoms with E-state index in [1.807, 2.05) is 30.3 Å². The molecular formula is C15H14BrFO2. The molecule has 19 heavy (non-hydrogen) atoms. The van der Waals surface area contributed by atoms with Crippen molar-refractivity contribution < 1.29 is 14.2 Å². The van der Waals surface area contributed by atoms with E-state index in [2.05, 4.69) is 15.9 Å². The predicted octanol–water partition coefficient (Wildman–Crippen LogP) is 3.87. The molecule has 2 aromatic carbocycles. The average Bonchev–Trinajstić information content (AvgIpc) is 2.39. The van der Waals surface area contributed by atoms with E-state index in [1.165, 1.54) is 18.2 Å². The zero-order chi connectivity index (χ0) is 13.9. The zero-order valence-corrected chi connectivity index (χ0v) is 12.0. The Hall–Kier alpha value is -1.39. The van der Waals surface area contributed by atoms with Crippen molar-refractivity contribution in [1.29, 1.82) is 0 Å². The minimum Gasteiger partial charge on any atom is -0.489 e. The van der Waals surface area contributed by atoms with Gasteiger partial charge in [-0.1, -0.05) is 30.3 Å². The topological polar surface area (TPSA) is 29.5 Å². The van der Waals surface area contributed by atoms with Crippen LogP contribution in [0, 0.1) is 5.82 Å². The Kier molecular flexibility index (Phi) is 4.22. The highest BCUT2D eigenvalue weighted by atomic mass is 79.9. The summed E-state index contributed by atoms with van der Waals surface area (Å²) in [6, 6.07) is 13.4. The SMILES string of the molecule is CC(O)(COc1ccc(F)cc1Br)c1ccccc1. The fourth-order valence-electron chi connectivity index (χ4n) is 1.69. The molecule has 1 N–H and O–H groups in total. The Morgan fingerprint density at radius 2 is 1.89 bits per heavy atom. The molecule has 0 heterocycles. The van der Waals surface area contributed by atoms with Crippen LogP contribution in [0.3, 0.4) is 0 Å². The van der Waals surface area contributed by atoms with Crippen LogP contribution in [0.4, 0.5) is 4.39 Å². The van der Waals surface area contributed by atoms with Gasteiger partial charge < -0.3 is 9.84 Å². The molecule has 0 aliphatic carbocycles. The summed E-state index contributed by atoms with van der Waals surface area (Å²) in [4.78, 5) is 0. The number of aliphatic hydroxyl groups is 1. The second kappa shape index (κ2) is 5.72. The van der Waals surface area contributed by atoms with Crippen molar-refractivity contribution in [2.24, 2.45) is 0 Å². The summed E-state index contributed by atoms with van der Waals surface area (Å²) in [7, 11) is 0. The van der Waals surface area contributed by atoms with Gasteiger partial charge >= 0.3 is 0 Å². The molecule has 0 saturated heterocycles. The Balaban J connectivity index is 2.09. The van der Waals surface area contributed by atoms with E-state index in [0.29, 0.717) is 10.2 Å². The molecule has 4 heteroatoms. The van der Waals surface area contributed by atoms with E-state index >= 15 is 0 Å². The fraction of sp³-hybridized carbons (Fsp3) is 0.200. The third-order valence-corrected chi connectivity index (χ3v) is 3.42. The molecule has 0 radical (unpaired) electrons. The van der Waals surface area contributed by atoms with E-state index in [-0.39, 0.29) is 12.4 Å². The number of rotatable bonds is 4. The highest BCUT2D eigenvalue weighted by Crippen LogP contribution is 2.28. The molecule has 0 saturated carbocycles. The first-order valence-electron chi connectivity index (χ1n) is 5.85. The van der Waals surface area contributed by atoms with Crippen molar-refractivity contribution in [1.82, 2.24) is 0 Å². The first-order valence-corrected chi connectivity index (χ1v) is 6.64. The molecule has 0 fully saturated rings. The lowest BCUT2D eigenvalue weighted by Crippen LogP contribution is -2.29. The molecule has 1 unspecified atom stereocenters. The van der Waals surface area contributed by atoms with Gasteiger partial charge in [0.1, 0.15) is 23.8 Å². The summed E-state index contributed by atoms with van der Waals surface area (Å²) in [5, 5.41) is 10.4. The summed E-state index contributed by atoms with van der Waals surface area (Å²) in [5.41, 5.74) is -0.331. The maximum absolute atomic E-state index is 13.0. The average molecular weight is 325 g/mol. The molecule has 0 aliphatic rings. The van der Waals surface area contributed by atoms with Crippen molar-refractivity contribution in [2.75, 3.05) is 6.61 Å². The van der Waals surface area contributed by atoms with Crippen molar-refractivity contribution in [3.8, 4) is 5.75 Å². The Labute approximate surface area is 120 Å². The molecule has 0 aliphatic heterocycles. The molecule has 2 nitrogen and oxygen atoms in total. The van der Waals surface area contributed by atoms with Crippen LogP contribution < -0.4 is 4.74 Å². The van der Waals surface area contributed by atoms with Crippen molar-refractivity contribution >= 4 is 15.9 Å². The van der Waals surface area contributed by atoms with Crippen LogP contribution in [-0.2, 0) is 5.60 Å². The number of hydrogen-bond donors (Lipinski definition) is 1. The number of benzene rings is 2. The van der Waals surface area contributed by atoms with Gasteiger partial charge in [-0.15, -0.1) is 0 Å². The molecule has 2 aromatic rings. The summed E-state index contributed by atoms with van der Waals surface area (Å²) < 4.78 is 19.0. The van der Waals surface area contributed by atoms with E-state index in [1.54, 1.807) is 6.92 Å². The van der Waals surface area contributed by atoms with Crippen LogP contribution in [0.1, 0.15) is 12.5 Å². The zero-order valence-electron chi connectivity index (χ0n) is 10.4. The highest BCUT2D eigenvalue weighted by Gasteiger charge is 2.24. The first-order chi connectivity index (χ1) is 8.99. The normalized spacial score (nSPS) is 13.9. The standard InChI is InChI=1S/C15H14BrFO2/c1-15(18,11-5-3-2-4-6-11)10-19-14-8-7-12(17)9-13(14)16/h2-9,18H,10H2,1H3. The third-order valence-electron chi connectivity index (χ3n) is 2.80. The van der Waals surface area contributed by atoms with Gasteiger partial charge in [-0.05, 0) is 46.6 Å². The predicted molar refractivity (Wildman–Crippen MR) is 75.6 cm³/mol. The van der Waals surface area contributed by atoms with Crippen LogP contribution in [0.5, 0.6) is 5.75 Å². The summed E-state index contributed by atoms with van der Waals surface area (Å²) in [5.74, 6) is 0.159. The van der Waals surface area contributed by atoms with E-state index < -0.39 is 5.60 Å². The van der Waals surface area contributed by atoms with Gasteiger partial charge in [0, 0.05) is 0 Å². The largest absolute Gasteiger partial charge is 0.489 e. The van der Waals surface area contributed by atoms with Gasteiger partial charge in [0.2, 0.25) is 0 Å². The van der Waals surface area contributed by atoms with Crippen LogP contribution in [0.25, 0.3) is 0 Å². The second-order valence-electron chi connectivity index (χ2n) is 4.50. The van der Waals surface area contributed by atoms with Crippen LogP contribution in [0.2, 0.25) is 0 Å².